The zero-order valence-corrected chi connectivity index (χ0v) is 19.5. The first kappa shape index (κ1) is 22.0. The van der Waals surface area contributed by atoms with Crippen molar-refractivity contribution in [1.29, 1.82) is 0 Å². The SMILES string of the molecule is CCOc1ccc(-n2c(Cc3ccccc3)nnc2SCC(=O)c2ccc3c(c2)OCO3)cc1. The van der Waals surface area contributed by atoms with Crippen LogP contribution in [0.15, 0.2) is 78.0 Å². The minimum Gasteiger partial charge on any atom is -0.494 e. The van der Waals surface area contributed by atoms with Gasteiger partial charge < -0.3 is 14.2 Å². The Morgan fingerprint density at radius 3 is 2.59 bits per heavy atom. The summed E-state index contributed by atoms with van der Waals surface area (Å²) in [5, 5.41) is 9.53. The molecule has 172 valence electrons. The van der Waals surface area contributed by atoms with Gasteiger partial charge in [-0.3, -0.25) is 9.36 Å². The molecule has 0 saturated carbocycles. The van der Waals surface area contributed by atoms with Crippen molar-refractivity contribution in [3.63, 3.8) is 0 Å². The standard InChI is InChI=1S/C26H23N3O4S/c1-2-31-21-11-9-20(10-12-21)29-25(14-18-6-4-3-5-7-18)27-28-26(29)34-16-22(30)19-8-13-23-24(15-19)33-17-32-23/h3-13,15H,2,14,16-17H2,1H3. The fourth-order valence-electron chi connectivity index (χ4n) is 3.69. The van der Waals surface area contributed by atoms with Gasteiger partial charge in [-0.25, -0.2) is 0 Å². The molecule has 34 heavy (non-hydrogen) atoms. The van der Waals surface area contributed by atoms with Crippen molar-refractivity contribution in [2.24, 2.45) is 0 Å². The topological polar surface area (TPSA) is 75.5 Å². The number of nitrogens with zero attached hydrogens (tertiary/aromatic N) is 3. The highest BCUT2D eigenvalue weighted by atomic mass is 32.2. The quantitative estimate of drug-likeness (QED) is 0.251. The molecule has 2 heterocycles. The second-order valence-corrected chi connectivity index (χ2v) is 8.55. The molecule has 7 nitrogen and oxygen atoms in total. The van der Waals surface area contributed by atoms with Gasteiger partial charge in [0, 0.05) is 17.7 Å². The molecule has 0 amide bonds. The predicted octanol–water partition coefficient (Wildman–Crippen LogP) is 4.96. The molecule has 0 atom stereocenters. The Bertz CT molecular complexity index is 1290. The molecule has 0 unspecified atom stereocenters. The molecule has 1 aliphatic heterocycles. The number of thioether (sulfide) groups is 1. The lowest BCUT2D eigenvalue weighted by Crippen LogP contribution is -2.06. The molecular weight excluding hydrogens is 450 g/mol. The number of aromatic nitrogens is 3. The summed E-state index contributed by atoms with van der Waals surface area (Å²) in [5.74, 6) is 3.06. The van der Waals surface area contributed by atoms with Crippen LogP contribution in [0.25, 0.3) is 5.69 Å². The molecule has 5 rings (SSSR count). The van der Waals surface area contributed by atoms with E-state index in [4.69, 9.17) is 14.2 Å². The van der Waals surface area contributed by atoms with Crippen LogP contribution >= 0.6 is 11.8 Å². The number of Topliss-reactive ketones (excluding diaryl/α,β-unsaturated/α-hetero) is 1. The smallest absolute Gasteiger partial charge is 0.231 e. The summed E-state index contributed by atoms with van der Waals surface area (Å²) >= 11 is 1.36. The Morgan fingerprint density at radius 1 is 1.00 bits per heavy atom. The minimum atomic E-state index is -0.0193. The van der Waals surface area contributed by atoms with Crippen molar-refractivity contribution in [3.8, 4) is 22.9 Å². The molecule has 0 spiro atoms. The molecule has 0 N–H and O–H groups in total. The van der Waals surface area contributed by atoms with Gasteiger partial charge in [0.15, 0.2) is 22.4 Å². The van der Waals surface area contributed by atoms with E-state index in [1.807, 2.05) is 54.0 Å². The van der Waals surface area contributed by atoms with Gasteiger partial charge in [0.05, 0.1) is 12.4 Å². The van der Waals surface area contributed by atoms with Gasteiger partial charge in [0.2, 0.25) is 6.79 Å². The average Bonchev–Trinajstić information content (AvgIpc) is 3.50. The van der Waals surface area contributed by atoms with Gasteiger partial charge in [-0.1, -0.05) is 42.1 Å². The third-order valence-corrected chi connectivity index (χ3v) is 6.27. The van der Waals surface area contributed by atoms with E-state index in [2.05, 4.69) is 22.3 Å². The van der Waals surface area contributed by atoms with Crippen LogP contribution < -0.4 is 14.2 Å². The Balaban J connectivity index is 1.40. The maximum atomic E-state index is 12.9. The van der Waals surface area contributed by atoms with Crippen LogP contribution in [0.3, 0.4) is 0 Å². The number of ketones is 1. The van der Waals surface area contributed by atoms with E-state index in [0.717, 1.165) is 22.8 Å². The Hall–Kier alpha value is -3.78. The zero-order chi connectivity index (χ0) is 23.3. The van der Waals surface area contributed by atoms with E-state index >= 15 is 0 Å². The highest BCUT2D eigenvalue weighted by Gasteiger charge is 2.19. The van der Waals surface area contributed by atoms with Gasteiger partial charge in [0.25, 0.3) is 0 Å². The summed E-state index contributed by atoms with van der Waals surface area (Å²) < 4.78 is 18.3. The predicted molar refractivity (Wildman–Crippen MR) is 129 cm³/mol. The van der Waals surface area contributed by atoms with E-state index < -0.39 is 0 Å². The van der Waals surface area contributed by atoms with Gasteiger partial charge in [0.1, 0.15) is 11.6 Å². The van der Waals surface area contributed by atoms with Crippen LogP contribution in [0, 0.1) is 0 Å². The number of ether oxygens (including phenoxy) is 3. The molecule has 0 radical (unpaired) electrons. The van der Waals surface area contributed by atoms with Crippen LogP contribution in [0.4, 0.5) is 0 Å². The third-order valence-electron chi connectivity index (χ3n) is 5.34. The second-order valence-electron chi connectivity index (χ2n) is 7.60. The number of rotatable bonds is 9. The Kier molecular flexibility index (Phi) is 6.49. The lowest BCUT2D eigenvalue weighted by Gasteiger charge is -2.11. The molecule has 3 aromatic carbocycles. The van der Waals surface area contributed by atoms with Crippen LogP contribution in [0.1, 0.15) is 28.7 Å². The molecule has 0 bridgehead atoms. The first-order valence-electron chi connectivity index (χ1n) is 11.0. The first-order valence-corrected chi connectivity index (χ1v) is 12.0. The Labute approximate surface area is 201 Å². The van der Waals surface area contributed by atoms with Crippen molar-refractivity contribution in [1.82, 2.24) is 14.8 Å². The highest BCUT2D eigenvalue weighted by molar-refractivity contribution is 7.99. The maximum Gasteiger partial charge on any atom is 0.231 e. The van der Waals surface area contributed by atoms with Crippen molar-refractivity contribution in [2.45, 2.75) is 18.5 Å². The largest absolute Gasteiger partial charge is 0.494 e. The Morgan fingerprint density at radius 2 is 1.79 bits per heavy atom. The molecule has 4 aromatic rings. The van der Waals surface area contributed by atoms with E-state index in [-0.39, 0.29) is 18.3 Å². The fourth-order valence-corrected chi connectivity index (χ4v) is 4.55. The first-order chi connectivity index (χ1) is 16.7. The summed E-state index contributed by atoms with van der Waals surface area (Å²) in [7, 11) is 0. The number of carbonyl (C=O) groups excluding carboxylic acids is 1. The average molecular weight is 474 g/mol. The van der Waals surface area contributed by atoms with Crippen molar-refractivity contribution in [3.05, 3.63) is 89.7 Å². The molecule has 0 aliphatic carbocycles. The lowest BCUT2D eigenvalue weighted by molar-refractivity contribution is 0.102. The number of fused-ring (bicyclic) bond motifs is 1. The lowest BCUT2D eigenvalue weighted by atomic mass is 10.1. The van der Waals surface area contributed by atoms with Crippen molar-refractivity contribution < 1.29 is 19.0 Å². The van der Waals surface area contributed by atoms with Gasteiger partial charge in [-0.05, 0) is 55.0 Å². The molecule has 1 aliphatic rings. The maximum absolute atomic E-state index is 12.9. The summed E-state index contributed by atoms with van der Waals surface area (Å²) in [6.07, 6.45) is 0.623. The molecular formula is C26H23N3O4S. The van der Waals surface area contributed by atoms with Crippen LogP contribution in [-0.2, 0) is 6.42 Å². The minimum absolute atomic E-state index is 0.0193. The monoisotopic (exact) mass is 473 g/mol. The molecule has 0 saturated heterocycles. The van der Waals surface area contributed by atoms with Crippen LogP contribution in [-0.4, -0.2) is 39.7 Å². The van der Waals surface area contributed by atoms with E-state index in [0.29, 0.717) is 35.2 Å². The normalized spacial score (nSPS) is 12.0. The zero-order valence-electron chi connectivity index (χ0n) is 18.6. The third kappa shape index (κ3) is 4.77. The number of hydrogen-bond acceptors (Lipinski definition) is 7. The van der Waals surface area contributed by atoms with Crippen LogP contribution in [0.5, 0.6) is 17.2 Å². The fraction of sp³-hybridized carbons (Fsp3) is 0.192. The van der Waals surface area contributed by atoms with Gasteiger partial charge >= 0.3 is 0 Å². The summed E-state index contributed by atoms with van der Waals surface area (Å²) in [4.78, 5) is 12.9. The van der Waals surface area contributed by atoms with Crippen molar-refractivity contribution in [2.75, 3.05) is 19.2 Å². The molecule has 0 fully saturated rings. The van der Waals surface area contributed by atoms with Gasteiger partial charge in [-0.2, -0.15) is 0 Å². The molecule has 8 heteroatoms. The summed E-state index contributed by atoms with van der Waals surface area (Å²) in [6, 6.07) is 23.2. The molecule has 1 aromatic heterocycles. The number of carbonyl (C=O) groups is 1. The summed E-state index contributed by atoms with van der Waals surface area (Å²) in [6.45, 7) is 2.74. The number of hydrogen-bond donors (Lipinski definition) is 0. The number of benzene rings is 3. The van der Waals surface area contributed by atoms with E-state index in [9.17, 15) is 4.79 Å². The summed E-state index contributed by atoms with van der Waals surface area (Å²) in [5.41, 5.74) is 2.63. The van der Waals surface area contributed by atoms with Crippen molar-refractivity contribution >= 4 is 17.5 Å². The van der Waals surface area contributed by atoms with Crippen LogP contribution in [0.2, 0.25) is 0 Å². The van der Waals surface area contributed by atoms with E-state index in [1.165, 1.54) is 11.8 Å². The van der Waals surface area contributed by atoms with Gasteiger partial charge in [-0.15, -0.1) is 10.2 Å². The highest BCUT2D eigenvalue weighted by Crippen LogP contribution is 2.33. The second kappa shape index (κ2) is 10.0. The van der Waals surface area contributed by atoms with E-state index in [1.54, 1.807) is 18.2 Å².